The second kappa shape index (κ2) is 9.96. The minimum absolute atomic E-state index is 0.673. The van der Waals surface area contributed by atoms with Gasteiger partial charge in [0.1, 0.15) is 0 Å². The van der Waals surface area contributed by atoms with Crippen LogP contribution >= 0.6 is 7.75 Å². The molecular formula is C13H30NO3P. The quantitative estimate of drug-likeness (QED) is 0.417. The van der Waals surface area contributed by atoms with Gasteiger partial charge in [-0.25, -0.2) is 9.24 Å². The molecule has 5 heteroatoms. The summed E-state index contributed by atoms with van der Waals surface area (Å²) in [7, 11) is -0.142. The lowest BCUT2D eigenvalue weighted by atomic mass is 10.1. The third kappa shape index (κ3) is 6.89. The molecule has 0 fully saturated rings. The van der Waals surface area contributed by atoms with E-state index in [0.29, 0.717) is 5.92 Å². The molecule has 0 aromatic rings. The van der Waals surface area contributed by atoms with Crippen molar-refractivity contribution >= 4 is 7.75 Å². The SMILES string of the molecule is CCCCCN(CCCC(C)C)P(=O)(OC)OC. The van der Waals surface area contributed by atoms with Crippen LogP contribution in [0.4, 0.5) is 0 Å². The van der Waals surface area contributed by atoms with Gasteiger partial charge in [-0.1, -0.05) is 33.6 Å². The van der Waals surface area contributed by atoms with E-state index in [1.165, 1.54) is 14.2 Å². The zero-order valence-corrected chi connectivity index (χ0v) is 13.5. The molecule has 0 rings (SSSR count). The fourth-order valence-electron chi connectivity index (χ4n) is 1.89. The standard InChI is InChI=1S/C13H30NO3P/c1-6-7-8-11-14(12-9-10-13(2)3)18(15,16-4)17-5/h13H,6-12H2,1-5H3. The molecule has 0 atom stereocenters. The minimum Gasteiger partial charge on any atom is -0.300 e. The van der Waals surface area contributed by atoms with E-state index in [9.17, 15) is 4.57 Å². The van der Waals surface area contributed by atoms with Crippen LogP contribution in [0.25, 0.3) is 0 Å². The van der Waals surface area contributed by atoms with Gasteiger partial charge < -0.3 is 0 Å². The highest BCUT2D eigenvalue weighted by Crippen LogP contribution is 2.50. The average Bonchev–Trinajstić information content (AvgIpc) is 2.36. The molecular weight excluding hydrogens is 249 g/mol. The van der Waals surface area contributed by atoms with Gasteiger partial charge in [-0.05, 0) is 25.2 Å². The summed E-state index contributed by atoms with van der Waals surface area (Å²) in [5, 5.41) is 0. The van der Waals surface area contributed by atoms with Crippen molar-refractivity contribution in [2.45, 2.75) is 52.9 Å². The van der Waals surface area contributed by atoms with Crippen molar-refractivity contribution in [2.24, 2.45) is 5.92 Å². The fraction of sp³-hybridized carbons (Fsp3) is 1.00. The summed E-state index contributed by atoms with van der Waals surface area (Å²) in [6, 6.07) is 0. The van der Waals surface area contributed by atoms with Gasteiger partial charge >= 0.3 is 7.75 Å². The number of rotatable bonds is 11. The van der Waals surface area contributed by atoms with Crippen LogP contribution in [0.3, 0.4) is 0 Å². The molecule has 110 valence electrons. The second-order valence-electron chi connectivity index (χ2n) is 5.03. The Labute approximate surface area is 113 Å². The molecule has 0 amide bonds. The second-order valence-corrected chi connectivity index (χ2v) is 7.26. The van der Waals surface area contributed by atoms with Crippen molar-refractivity contribution in [3.05, 3.63) is 0 Å². The van der Waals surface area contributed by atoms with E-state index in [-0.39, 0.29) is 0 Å². The molecule has 18 heavy (non-hydrogen) atoms. The Balaban J connectivity index is 4.36. The van der Waals surface area contributed by atoms with E-state index in [0.717, 1.165) is 45.2 Å². The maximum absolute atomic E-state index is 12.4. The zero-order valence-electron chi connectivity index (χ0n) is 12.6. The van der Waals surface area contributed by atoms with Crippen molar-refractivity contribution in [1.29, 1.82) is 0 Å². The maximum Gasteiger partial charge on any atom is 0.407 e. The van der Waals surface area contributed by atoms with E-state index >= 15 is 0 Å². The number of unbranched alkanes of at least 4 members (excludes halogenated alkanes) is 2. The highest BCUT2D eigenvalue weighted by atomic mass is 31.2. The lowest BCUT2D eigenvalue weighted by molar-refractivity contribution is 0.203. The van der Waals surface area contributed by atoms with Gasteiger partial charge in [0.2, 0.25) is 0 Å². The molecule has 0 spiro atoms. The van der Waals surface area contributed by atoms with Crippen LogP contribution in [0.1, 0.15) is 52.9 Å². The molecule has 0 bridgehead atoms. The van der Waals surface area contributed by atoms with Crippen molar-refractivity contribution in [1.82, 2.24) is 4.67 Å². The summed E-state index contributed by atoms with van der Waals surface area (Å²) in [5.74, 6) is 0.673. The Morgan fingerprint density at radius 1 is 1.06 bits per heavy atom. The highest BCUT2D eigenvalue weighted by molar-refractivity contribution is 7.51. The predicted molar refractivity (Wildman–Crippen MR) is 76.8 cm³/mol. The van der Waals surface area contributed by atoms with Gasteiger partial charge in [-0.2, -0.15) is 0 Å². The lowest BCUT2D eigenvalue weighted by Gasteiger charge is -2.28. The molecule has 0 saturated heterocycles. The summed E-state index contributed by atoms with van der Waals surface area (Å²) in [4.78, 5) is 0. The summed E-state index contributed by atoms with van der Waals surface area (Å²) in [5.41, 5.74) is 0. The fourth-order valence-corrected chi connectivity index (χ4v) is 3.27. The van der Waals surface area contributed by atoms with Crippen molar-refractivity contribution in [3.8, 4) is 0 Å². The molecule has 0 radical (unpaired) electrons. The number of nitrogens with zero attached hydrogens (tertiary/aromatic N) is 1. The van der Waals surface area contributed by atoms with Gasteiger partial charge in [0.25, 0.3) is 0 Å². The summed E-state index contributed by atoms with van der Waals surface area (Å²) < 4.78 is 24.5. The van der Waals surface area contributed by atoms with Gasteiger partial charge in [0, 0.05) is 27.3 Å². The Morgan fingerprint density at radius 2 is 1.61 bits per heavy atom. The highest BCUT2D eigenvalue weighted by Gasteiger charge is 2.30. The van der Waals surface area contributed by atoms with E-state index in [1.54, 1.807) is 0 Å². The topological polar surface area (TPSA) is 38.8 Å². The van der Waals surface area contributed by atoms with Crippen LogP contribution in [0.15, 0.2) is 0 Å². The van der Waals surface area contributed by atoms with Crippen LogP contribution in [-0.2, 0) is 13.6 Å². The normalized spacial score (nSPS) is 12.6. The Hall–Kier alpha value is 0.110. The van der Waals surface area contributed by atoms with Crippen molar-refractivity contribution in [2.75, 3.05) is 27.3 Å². The Morgan fingerprint density at radius 3 is 2.06 bits per heavy atom. The van der Waals surface area contributed by atoms with E-state index in [4.69, 9.17) is 9.05 Å². The predicted octanol–water partition coefficient (Wildman–Crippen LogP) is 4.32. The first-order chi connectivity index (χ1) is 8.50. The first-order valence-corrected chi connectivity index (χ1v) is 8.46. The molecule has 0 aliphatic heterocycles. The van der Waals surface area contributed by atoms with Crippen molar-refractivity contribution in [3.63, 3.8) is 0 Å². The molecule has 0 aromatic heterocycles. The molecule has 0 unspecified atom stereocenters. The third-order valence-corrected chi connectivity index (χ3v) is 5.04. The molecule has 0 N–H and O–H groups in total. The van der Waals surface area contributed by atoms with Crippen LogP contribution in [0.2, 0.25) is 0 Å². The van der Waals surface area contributed by atoms with Crippen LogP contribution in [-0.4, -0.2) is 32.0 Å². The minimum atomic E-state index is -3.06. The van der Waals surface area contributed by atoms with Gasteiger partial charge in [-0.3, -0.25) is 9.05 Å². The van der Waals surface area contributed by atoms with Gasteiger partial charge in [-0.15, -0.1) is 0 Å². The monoisotopic (exact) mass is 279 g/mol. The lowest BCUT2D eigenvalue weighted by Crippen LogP contribution is -2.25. The molecule has 0 saturated carbocycles. The summed E-state index contributed by atoms with van der Waals surface area (Å²) >= 11 is 0. The summed E-state index contributed by atoms with van der Waals surface area (Å²) in [6.07, 6.45) is 5.51. The first-order valence-electron chi connectivity index (χ1n) is 6.97. The van der Waals surface area contributed by atoms with Gasteiger partial charge in [0.15, 0.2) is 0 Å². The zero-order chi connectivity index (χ0) is 14.0. The average molecular weight is 279 g/mol. The van der Waals surface area contributed by atoms with Crippen LogP contribution < -0.4 is 0 Å². The summed E-state index contributed by atoms with van der Waals surface area (Å²) in [6.45, 7) is 8.13. The van der Waals surface area contributed by atoms with E-state index in [1.807, 2.05) is 4.67 Å². The van der Waals surface area contributed by atoms with E-state index < -0.39 is 7.75 Å². The largest absolute Gasteiger partial charge is 0.407 e. The molecule has 0 heterocycles. The number of hydrogen-bond acceptors (Lipinski definition) is 3. The van der Waals surface area contributed by atoms with Crippen LogP contribution in [0.5, 0.6) is 0 Å². The smallest absolute Gasteiger partial charge is 0.300 e. The Bertz CT molecular complexity index is 238. The first kappa shape index (κ1) is 18.1. The van der Waals surface area contributed by atoms with Crippen LogP contribution in [0, 0.1) is 5.92 Å². The molecule has 0 aromatic carbocycles. The van der Waals surface area contributed by atoms with Gasteiger partial charge in [0.05, 0.1) is 0 Å². The molecule has 0 aliphatic rings. The van der Waals surface area contributed by atoms with Crippen molar-refractivity contribution < 1.29 is 13.6 Å². The molecule has 4 nitrogen and oxygen atoms in total. The Kier molecular flexibility index (Phi) is 10.0. The number of hydrogen-bond donors (Lipinski definition) is 0. The van der Waals surface area contributed by atoms with E-state index in [2.05, 4.69) is 20.8 Å². The third-order valence-electron chi connectivity index (χ3n) is 3.03. The molecule has 0 aliphatic carbocycles. The maximum atomic E-state index is 12.4.